The molecule has 0 spiro atoms. The lowest BCUT2D eigenvalue weighted by atomic mass is 10.1. The number of ether oxygens (including phenoxy) is 3. The first kappa shape index (κ1) is 27.2. The fourth-order valence-electron chi connectivity index (χ4n) is 4.60. The predicted molar refractivity (Wildman–Crippen MR) is 147 cm³/mol. The van der Waals surface area contributed by atoms with Crippen LogP contribution in [-0.4, -0.2) is 61.2 Å². The zero-order valence-corrected chi connectivity index (χ0v) is 22.7. The van der Waals surface area contributed by atoms with E-state index in [9.17, 15) is 9.59 Å². The van der Waals surface area contributed by atoms with Gasteiger partial charge in [0.15, 0.2) is 11.4 Å². The van der Waals surface area contributed by atoms with Crippen LogP contribution >= 0.6 is 0 Å². The molecule has 11 heteroatoms. The number of hydrogen-bond acceptors (Lipinski definition) is 11. The van der Waals surface area contributed by atoms with Crippen molar-refractivity contribution >= 4 is 40.6 Å². The van der Waals surface area contributed by atoms with Crippen LogP contribution in [-0.2, 0) is 31.9 Å². The van der Waals surface area contributed by atoms with Crippen LogP contribution in [0.25, 0.3) is 11.1 Å². The van der Waals surface area contributed by atoms with Crippen LogP contribution in [0.4, 0.5) is 17.7 Å². The number of rotatable bonds is 12. The van der Waals surface area contributed by atoms with Crippen molar-refractivity contribution in [1.29, 1.82) is 0 Å². The van der Waals surface area contributed by atoms with E-state index in [1.54, 1.807) is 20.2 Å². The minimum atomic E-state index is -0.571. The Morgan fingerprint density at radius 2 is 2.02 bits per heavy atom. The molecule has 2 atom stereocenters. The van der Waals surface area contributed by atoms with E-state index in [2.05, 4.69) is 20.0 Å². The number of esters is 1. The number of nitrogens with one attached hydrogen (secondary N) is 1. The summed E-state index contributed by atoms with van der Waals surface area (Å²) in [6.07, 6.45) is 2.57. The molecule has 0 bridgehead atoms. The maximum Gasteiger partial charge on any atom is 0.305 e. The second-order valence-corrected chi connectivity index (χ2v) is 9.61. The number of benzene rings is 2. The van der Waals surface area contributed by atoms with Crippen molar-refractivity contribution in [3.8, 4) is 5.75 Å². The van der Waals surface area contributed by atoms with E-state index in [0.717, 1.165) is 17.7 Å². The van der Waals surface area contributed by atoms with E-state index in [1.807, 2.05) is 47.4 Å². The zero-order valence-electron chi connectivity index (χ0n) is 22.7. The molecule has 0 amide bonds. The largest absolute Gasteiger partial charge is 0.495 e. The van der Waals surface area contributed by atoms with Gasteiger partial charge >= 0.3 is 5.97 Å². The van der Waals surface area contributed by atoms with Crippen molar-refractivity contribution in [2.45, 2.75) is 44.8 Å². The van der Waals surface area contributed by atoms with Crippen LogP contribution in [0.3, 0.4) is 0 Å². The second-order valence-electron chi connectivity index (χ2n) is 9.61. The molecule has 210 valence electrons. The van der Waals surface area contributed by atoms with Crippen LogP contribution in [0.5, 0.6) is 5.75 Å². The fraction of sp³-hybridized carbons (Fsp3) is 0.379. The number of hydrogen-bond donors (Lipinski definition) is 1. The monoisotopic (exact) mass is 548 g/mol. The van der Waals surface area contributed by atoms with Gasteiger partial charge in [0.1, 0.15) is 23.1 Å². The van der Waals surface area contributed by atoms with Gasteiger partial charge in [-0.25, -0.2) is 4.98 Å². The number of para-hydroxylation sites is 2. The highest BCUT2D eigenvalue weighted by Crippen LogP contribution is 2.29. The molecule has 0 saturated carbocycles. The molecule has 11 nitrogen and oxygen atoms in total. The van der Waals surface area contributed by atoms with E-state index in [-0.39, 0.29) is 30.7 Å². The van der Waals surface area contributed by atoms with Gasteiger partial charge in [0.2, 0.25) is 0 Å². The second kappa shape index (κ2) is 12.2. The van der Waals surface area contributed by atoms with Gasteiger partial charge in [-0.05, 0) is 43.2 Å². The number of anilines is 3. The predicted octanol–water partition coefficient (Wildman–Crippen LogP) is 4.47. The maximum atomic E-state index is 13.0. The molecule has 2 aromatic heterocycles. The first-order valence-electron chi connectivity index (χ1n) is 13.2. The molecule has 1 aliphatic heterocycles. The summed E-state index contributed by atoms with van der Waals surface area (Å²) in [4.78, 5) is 35.1. The van der Waals surface area contributed by atoms with Crippen LogP contribution in [0.2, 0.25) is 0 Å². The molecular weight excluding hydrogens is 516 g/mol. The third kappa shape index (κ3) is 6.42. The van der Waals surface area contributed by atoms with E-state index >= 15 is 0 Å². The highest BCUT2D eigenvalue weighted by atomic mass is 16.5. The van der Waals surface area contributed by atoms with Gasteiger partial charge in [-0.1, -0.05) is 18.2 Å². The third-order valence-electron chi connectivity index (χ3n) is 6.79. The lowest BCUT2D eigenvalue weighted by molar-refractivity contribution is -0.140. The average molecular weight is 549 g/mol. The molecule has 1 N–H and O–H groups in total. The van der Waals surface area contributed by atoms with E-state index in [4.69, 9.17) is 18.3 Å². The van der Waals surface area contributed by atoms with Gasteiger partial charge in [-0.3, -0.25) is 9.59 Å². The average Bonchev–Trinajstić information content (AvgIpc) is 3.71. The number of ketones is 1. The molecule has 1 aliphatic rings. The van der Waals surface area contributed by atoms with Crippen LogP contribution in [0.15, 0.2) is 57.5 Å². The summed E-state index contributed by atoms with van der Waals surface area (Å²) in [5, 5.41) is 3.14. The highest BCUT2D eigenvalue weighted by Gasteiger charge is 2.29. The third-order valence-corrected chi connectivity index (χ3v) is 6.79. The first-order valence-corrected chi connectivity index (χ1v) is 13.2. The Kier molecular flexibility index (Phi) is 8.30. The summed E-state index contributed by atoms with van der Waals surface area (Å²) in [5.74, 6) is 0.986. The van der Waals surface area contributed by atoms with Crippen molar-refractivity contribution in [2.75, 3.05) is 37.5 Å². The minimum Gasteiger partial charge on any atom is -0.495 e. The van der Waals surface area contributed by atoms with Crippen LogP contribution in [0, 0.1) is 0 Å². The van der Waals surface area contributed by atoms with Gasteiger partial charge < -0.3 is 33.3 Å². The van der Waals surface area contributed by atoms with E-state index in [1.165, 1.54) is 7.11 Å². The Morgan fingerprint density at radius 1 is 1.18 bits per heavy atom. The van der Waals surface area contributed by atoms with Crippen LogP contribution < -0.4 is 15.0 Å². The van der Waals surface area contributed by atoms with Crippen molar-refractivity contribution < 1.29 is 32.6 Å². The first-order chi connectivity index (χ1) is 19.4. The summed E-state index contributed by atoms with van der Waals surface area (Å²) in [6, 6.07) is 13.9. The molecule has 5 rings (SSSR count). The standard InChI is InChI=1S/C29H32N4O7/c1-18(38-21-12-13-33(17-21)29-30-16-20(39-29)9-11-27(35)37-3)24(34)14-19-8-10-23-26(15-19)40-28(32-23)31-22-6-4-5-7-25(22)36-2/h4-8,10,15-16,18,21H,9,11-14,17H2,1-3H3,(H,31,32)/t18?,21-/m0/s1. The molecule has 0 aliphatic carbocycles. The number of Topliss-reactive ketones (excluding diaryl/α,β-unsaturated/α-hetero) is 1. The number of carbonyl (C=O) groups is 2. The maximum absolute atomic E-state index is 13.0. The molecule has 1 saturated heterocycles. The highest BCUT2D eigenvalue weighted by molar-refractivity contribution is 5.86. The lowest BCUT2D eigenvalue weighted by Gasteiger charge is -2.18. The number of methoxy groups -OCH3 is 2. The molecule has 4 aromatic rings. The number of fused-ring (bicyclic) bond motifs is 1. The molecule has 40 heavy (non-hydrogen) atoms. The zero-order chi connectivity index (χ0) is 28.1. The number of nitrogens with zero attached hydrogens (tertiary/aromatic N) is 3. The Labute approximate surface area is 231 Å². The van der Waals surface area contributed by atoms with Crippen LogP contribution in [0.1, 0.15) is 31.1 Å². The van der Waals surface area contributed by atoms with E-state index in [0.29, 0.717) is 54.1 Å². The van der Waals surface area contributed by atoms with Gasteiger partial charge in [0, 0.05) is 25.9 Å². The van der Waals surface area contributed by atoms with Gasteiger partial charge in [-0.15, -0.1) is 0 Å². The van der Waals surface area contributed by atoms with Crippen molar-refractivity contribution in [1.82, 2.24) is 9.97 Å². The van der Waals surface area contributed by atoms with Gasteiger partial charge in [0.05, 0.1) is 38.6 Å². The normalized spacial score (nSPS) is 15.8. The molecule has 0 radical (unpaired) electrons. The Bertz CT molecular complexity index is 1480. The molecule has 2 aromatic carbocycles. The molecule has 1 unspecified atom stereocenters. The minimum absolute atomic E-state index is 0.0223. The number of carbonyl (C=O) groups excluding carboxylic acids is 2. The Morgan fingerprint density at radius 3 is 2.85 bits per heavy atom. The SMILES string of the molecule is COC(=O)CCc1cnc(N2CC[C@H](OC(C)C(=O)Cc3ccc4nc(Nc5ccccc5OC)oc4c3)C2)o1. The topological polar surface area (TPSA) is 129 Å². The molecule has 1 fully saturated rings. The lowest BCUT2D eigenvalue weighted by Crippen LogP contribution is -2.30. The summed E-state index contributed by atoms with van der Waals surface area (Å²) in [7, 11) is 2.96. The Balaban J connectivity index is 1.13. The summed E-state index contributed by atoms with van der Waals surface area (Å²) >= 11 is 0. The molecule has 3 heterocycles. The summed E-state index contributed by atoms with van der Waals surface area (Å²) < 4.78 is 27.8. The smallest absolute Gasteiger partial charge is 0.305 e. The van der Waals surface area contributed by atoms with Gasteiger partial charge in [0.25, 0.3) is 12.0 Å². The van der Waals surface area contributed by atoms with Gasteiger partial charge in [-0.2, -0.15) is 4.98 Å². The fourth-order valence-corrected chi connectivity index (χ4v) is 4.60. The number of aryl methyl sites for hydroxylation is 1. The number of oxazole rings is 2. The molecular formula is C29H32N4O7. The quantitative estimate of drug-likeness (QED) is 0.252. The van der Waals surface area contributed by atoms with Crippen molar-refractivity contribution in [3.05, 3.63) is 60.0 Å². The van der Waals surface area contributed by atoms with E-state index < -0.39 is 6.10 Å². The summed E-state index contributed by atoms with van der Waals surface area (Å²) in [5.41, 5.74) is 2.83. The Hall–Kier alpha value is -4.38. The summed E-state index contributed by atoms with van der Waals surface area (Å²) in [6.45, 7) is 3.06. The van der Waals surface area contributed by atoms with Crippen molar-refractivity contribution in [3.63, 3.8) is 0 Å². The number of aromatic nitrogens is 2. The van der Waals surface area contributed by atoms with Crippen molar-refractivity contribution in [2.24, 2.45) is 0 Å².